The predicted molar refractivity (Wildman–Crippen MR) is 115 cm³/mol. The summed E-state index contributed by atoms with van der Waals surface area (Å²) in [5.41, 5.74) is 1.29. The third-order valence-electron chi connectivity index (χ3n) is 4.99. The van der Waals surface area contributed by atoms with Crippen molar-refractivity contribution in [2.75, 3.05) is 39.5 Å². The molecule has 0 unspecified atom stereocenters. The van der Waals surface area contributed by atoms with Gasteiger partial charge in [0.05, 0.1) is 6.10 Å². The lowest BCUT2D eigenvalue weighted by Crippen LogP contribution is -2.38. The molecule has 1 aromatic heterocycles. The van der Waals surface area contributed by atoms with Gasteiger partial charge in [-0.3, -0.25) is 4.99 Å². The molecule has 0 atom stereocenters. The third kappa shape index (κ3) is 6.53. The molecule has 3 rings (SSSR count). The number of hydrogen-bond donors (Lipinski definition) is 2. The van der Waals surface area contributed by atoms with Crippen molar-refractivity contribution in [1.82, 2.24) is 15.2 Å². The Hall–Kier alpha value is -2.05. The van der Waals surface area contributed by atoms with Gasteiger partial charge in [-0.15, -0.1) is 0 Å². The highest BCUT2D eigenvalue weighted by atomic mass is 16.5. The molecule has 1 aliphatic heterocycles. The minimum absolute atomic E-state index is 0.375. The van der Waals surface area contributed by atoms with Crippen LogP contribution in [0.1, 0.15) is 32.6 Å². The van der Waals surface area contributed by atoms with Crippen LogP contribution in [0, 0.1) is 0 Å². The number of aliphatic imine (C=N–C) groups is 1. The van der Waals surface area contributed by atoms with E-state index in [2.05, 4.69) is 58.7 Å². The average molecular weight is 387 g/mol. The number of benzene rings is 1. The Labute approximate surface area is 168 Å². The summed E-state index contributed by atoms with van der Waals surface area (Å²) < 4.78 is 13.6. The summed E-state index contributed by atoms with van der Waals surface area (Å²) in [6, 6.07) is 10.7. The maximum Gasteiger partial charge on any atom is 0.191 e. The Balaban J connectivity index is 1.34. The van der Waals surface area contributed by atoms with Crippen LogP contribution in [-0.2, 0) is 16.0 Å². The van der Waals surface area contributed by atoms with E-state index in [1.54, 1.807) is 0 Å². The highest BCUT2D eigenvalue weighted by Gasteiger charge is 2.13. The number of para-hydroxylation sites is 1. The minimum atomic E-state index is 0.375. The zero-order valence-electron chi connectivity index (χ0n) is 17.0. The maximum absolute atomic E-state index is 5.92. The van der Waals surface area contributed by atoms with Crippen LogP contribution in [0.25, 0.3) is 10.9 Å². The molecule has 0 spiro atoms. The maximum atomic E-state index is 5.92. The molecule has 0 radical (unpaired) electrons. The lowest BCUT2D eigenvalue weighted by molar-refractivity contribution is -0.0320. The third-order valence-corrected chi connectivity index (χ3v) is 4.99. The average Bonchev–Trinajstić information content (AvgIpc) is 3.15. The summed E-state index contributed by atoms with van der Waals surface area (Å²) >= 11 is 0. The van der Waals surface area contributed by atoms with Crippen LogP contribution < -0.4 is 10.6 Å². The monoisotopic (exact) mass is 386 g/mol. The van der Waals surface area contributed by atoms with Gasteiger partial charge < -0.3 is 24.7 Å². The van der Waals surface area contributed by atoms with Crippen LogP contribution in [0.5, 0.6) is 0 Å². The first-order valence-electron chi connectivity index (χ1n) is 10.6. The zero-order valence-corrected chi connectivity index (χ0v) is 17.0. The molecule has 2 N–H and O–H groups in total. The minimum Gasteiger partial charge on any atom is -0.381 e. The molecule has 6 heteroatoms. The lowest BCUT2D eigenvalue weighted by Gasteiger charge is -2.22. The number of nitrogens with zero attached hydrogens (tertiary/aromatic N) is 2. The zero-order chi connectivity index (χ0) is 19.4. The van der Waals surface area contributed by atoms with Crippen molar-refractivity contribution < 1.29 is 9.47 Å². The molecular weight excluding hydrogens is 352 g/mol. The second kappa shape index (κ2) is 11.7. The number of rotatable bonds is 10. The Morgan fingerprint density at radius 3 is 2.89 bits per heavy atom. The Morgan fingerprint density at radius 2 is 2.04 bits per heavy atom. The summed E-state index contributed by atoms with van der Waals surface area (Å²) in [5, 5.41) is 8.03. The van der Waals surface area contributed by atoms with E-state index in [0.29, 0.717) is 6.10 Å². The summed E-state index contributed by atoms with van der Waals surface area (Å²) in [5.74, 6) is 0.894. The Bertz CT molecular complexity index is 722. The molecule has 0 saturated carbocycles. The molecule has 1 fully saturated rings. The second-order valence-corrected chi connectivity index (χ2v) is 7.15. The Morgan fingerprint density at radius 1 is 1.18 bits per heavy atom. The molecule has 1 aliphatic rings. The van der Waals surface area contributed by atoms with Gasteiger partial charge in [-0.25, -0.2) is 0 Å². The topological polar surface area (TPSA) is 59.8 Å². The molecule has 0 bridgehead atoms. The first kappa shape index (κ1) is 20.7. The molecule has 2 heterocycles. The highest BCUT2D eigenvalue weighted by molar-refractivity contribution is 5.80. The first-order valence-corrected chi connectivity index (χ1v) is 10.6. The van der Waals surface area contributed by atoms with Crippen molar-refractivity contribution in [2.45, 2.75) is 45.3 Å². The van der Waals surface area contributed by atoms with Crippen molar-refractivity contribution in [2.24, 2.45) is 4.99 Å². The van der Waals surface area contributed by atoms with Gasteiger partial charge in [-0.2, -0.15) is 0 Å². The van der Waals surface area contributed by atoms with Gasteiger partial charge in [0.25, 0.3) is 0 Å². The van der Waals surface area contributed by atoms with E-state index in [1.807, 2.05) is 0 Å². The van der Waals surface area contributed by atoms with Crippen molar-refractivity contribution in [3.8, 4) is 0 Å². The van der Waals surface area contributed by atoms with Crippen LogP contribution in [-0.4, -0.2) is 56.1 Å². The normalized spacial score (nSPS) is 15.8. The molecule has 154 valence electrons. The number of fused-ring (bicyclic) bond motifs is 1. The van der Waals surface area contributed by atoms with Crippen LogP contribution in [0.15, 0.2) is 41.5 Å². The fourth-order valence-corrected chi connectivity index (χ4v) is 3.48. The van der Waals surface area contributed by atoms with Crippen LogP contribution in [0.2, 0.25) is 0 Å². The summed E-state index contributed by atoms with van der Waals surface area (Å²) in [6.45, 7) is 8.08. The number of ether oxygens (including phenoxy) is 2. The molecule has 2 aromatic rings. The lowest BCUT2D eigenvalue weighted by atomic mass is 10.1. The first-order chi connectivity index (χ1) is 13.9. The van der Waals surface area contributed by atoms with Gasteiger partial charge in [0.1, 0.15) is 0 Å². The van der Waals surface area contributed by atoms with Crippen molar-refractivity contribution >= 4 is 16.9 Å². The SMILES string of the molecule is CCNC(=NCCCn1ccc2ccccc21)NCCCOC1CCOCC1. The molecule has 1 saturated heterocycles. The van der Waals surface area contributed by atoms with Gasteiger partial charge in [0.15, 0.2) is 5.96 Å². The standard InChI is InChI=1S/C22H34N4O2/c1-2-23-22(25-13-6-16-28-20-10-17-27-18-11-20)24-12-5-14-26-15-9-19-7-3-4-8-21(19)26/h3-4,7-9,15,20H,2,5-6,10-14,16-18H2,1H3,(H2,23,24,25). The van der Waals surface area contributed by atoms with Crippen LogP contribution in [0.3, 0.4) is 0 Å². The fraction of sp³-hybridized carbons (Fsp3) is 0.591. The molecule has 1 aromatic carbocycles. The van der Waals surface area contributed by atoms with E-state index >= 15 is 0 Å². The quantitative estimate of drug-likeness (QED) is 0.374. The van der Waals surface area contributed by atoms with Gasteiger partial charge in [-0.05, 0) is 50.1 Å². The van der Waals surface area contributed by atoms with E-state index in [-0.39, 0.29) is 0 Å². The fourth-order valence-electron chi connectivity index (χ4n) is 3.48. The van der Waals surface area contributed by atoms with Crippen LogP contribution >= 0.6 is 0 Å². The number of nitrogens with one attached hydrogen (secondary N) is 2. The largest absolute Gasteiger partial charge is 0.381 e. The molecule has 6 nitrogen and oxygen atoms in total. The molecule has 28 heavy (non-hydrogen) atoms. The van der Waals surface area contributed by atoms with E-state index in [1.165, 1.54) is 10.9 Å². The van der Waals surface area contributed by atoms with E-state index in [0.717, 1.165) is 77.6 Å². The van der Waals surface area contributed by atoms with Crippen molar-refractivity contribution in [1.29, 1.82) is 0 Å². The summed E-state index contributed by atoms with van der Waals surface area (Å²) in [6.07, 6.45) is 6.58. The molecular formula is C22H34N4O2. The number of aryl methyl sites for hydroxylation is 1. The summed E-state index contributed by atoms with van der Waals surface area (Å²) in [4.78, 5) is 4.70. The van der Waals surface area contributed by atoms with Crippen molar-refractivity contribution in [3.63, 3.8) is 0 Å². The highest BCUT2D eigenvalue weighted by Crippen LogP contribution is 2.15. The predicted octanol–water partition coefficient (Wildman–Crippen LogP) is 3.17. The van der Waals surface area contributed by atoms with Crippen molar-refractivity contribution in [3.05, 3.63) is 36.5 Å². The Kier molecular flexibility index (Phi) is 8.65. The second-order valence-electron chi connectivity index (χ2n) is 7.15. The van der Waals surface area contributed by atoms with Crippen LogP contribution in [0.4, 0.5) is 0 Å². The van der Waals surface area contributed by atoms with E-state index in [4.69, 9.17) is 14.5 Å². The van der Waals surface area contributed by atoms with Gasteiger partial charge >= 0.3 is 0 Å². The van der Waals surface area contributed by atoms with E-state index < -0.39 is 0 Å². The van der Waals surface area contributed by atoms with Gasteiger partial charge in [0.2, 0.25) is 0 Å². The smallest absolute Gasteiger partial charge is 0.191 e. The van der Waals surface area contributed by atoms with Gasteiger partial charge in [-0.1, -0.05) is 18.2 Å². The van der Waals surface area contributed by atoms with Gasteiger partial charge in [0, 0.05) is 57.7 Å². The van der Waals surface area contributed by atoms with E-state index in [9.17, 15) is 0 Å². The number of guanidine groups is 1. The summed E-state index contributed by atoms with van der Waals surface area (Å²) in [7, 11) is 0. The number of aromatic nitrogens is 1. The number of hydrogen-bond acceptors (Lipinski definition) is 3. The molecule has 0 amide bonds. The molecule has 0 aliphatic carbocycles.